The molecule has 0 radical (unpaired) electrons. The van der Waals surface area contributed by atoms with Crippen molar-refractivity contribution in [2.24, 2.45) is 0 Å². The average Bonchev–Trinajstić information content (AvgIpc) is 2.53. The predicted molar refractivity (Wildman–Crippen MR) is 84.9 cm³/mol. The third kappa shape index (κ3) is 3.72. The maximum atomic E-state index is 5.17. The van der Waals surface area contributed by atoms with Crippen molar-refractivity contribution in [2.75, 3.05) is 13.7 Å². The zero-order valence-electron chi connectivity index (χ0n) is 12.1. The van der Waals surface area contributed by atoms with Gasteiger partial charge in [0.05, 0.1) is 7.11 Å². The average molecular weight is 267 g/mol. The summed E-state index contributed by atoms with van der Waals surface area (Å²) in [6.07, 6.45) is 0. The molecule has 0 bridgehead atoms. The topological polar surface area (TPSA) is 21.3 Å². The van der Waals surface area contributed by atoms with Gasteiger partial charge in [0, 0.05) is 12.6 Å². The van der Waals surface area contributed by atoms with E-state index in [-0.39, 0.29) is 6.04 Å². The number of nitrogens with one attached hydrogen (secondary N) is 1. The maximum absolute atomic E-state index is 5.17. The van der Waals surface area contributed by atoms with Crippen molar-refractivity contribution in [3.63, 3.8) is 0 Å². The second kappa shape index (κ2) is 6.92. The molecule has 2 rings (SSSR count). The molecule has 104 valence electrons. The highest BCUT2D eigenvalue weighted by molar-refractivity contribution is 5.64. The first-order valence-electron chi connectivity index (χ1n) is 6.81. The van der Waals surface area contributed by atoms with Gasteiger partial charge in [-0.1, -0.05) is 49.0 Å². The molecular formula is C18H21NO. The van der Waals surface area contributed by atoms with Crippen LogP contribution in [-0.4, -0.2) is 13.7 Å². The molecular weight excluding hydrogens is 246 g/mol. The van der Waals surface area contributed by atoms with Gasteiger partial charge in [-0.25, -0.2) is 0 Å². The minimum Gasteiger partial charge on any atom is -0.497 e. The molecule has 0 fully saturated rings. The van der Waals surface area contributed by atoms with Gasteiger partial charge in [0.2, 0.25) is 0 Å². The van der Waals surface area contributed by atoms with E-state index < -0.39 is 0 Å². The molecule has 0 aliphatic carbocycles. The van der Waals surface area contributed by atoms with Crippen LogP contribution in [0.25, 0.3) is 5.57 Å². The van der Waals surface area contributed by atoms with Crippen molar-refractivity contribution >= 4 is 5.57 Å². The van der Waals surface area contributed by atoms with Gasteiger partial charge in [0.15, 0.2) is 0 Å². The Morgan fingerprint density at radius 1 is 1.10 bits per heavy atom. The zero-order chi connectivity index (χ0) is 14.4. The molecule has 0 saturated carbocycles. The monoisotopic (exact) mass is 267 g/mol. The molecule has 0 aromatic heterocycles. The third-order valence-corrected chi connectivity index (χ3v) is 3.42. The molecule has 0 aliphatic rings. The number of methoxy groups -OCH3 is 1. The molecule has 0 aliphatic heterocycles. The molecule has 2 aromatic rings. The van der Waals surface area contributed by atoms with Crippen LogP contribution >= 0.6 is 0 Å². The summed E-state index contributed by atoms with van der Waals surface area (Å²) in [5.74, 6) is 0.884. The third-order valence-electron chi connectivity index (χ3n) is 3.42. The first-order valence-corrected chi connectivity index (χ1v) is 6.81. The van der Waals surface area contributed by atoms with Crippen LogP contribution in [0.2, 0.25) is 0 Å². The van der Waals surface area contributed by atoms with Crippen LogP contribution in [0.3, 0.4) is 0 Å². The number of hydrogen-bond donors (Lipinski definition) is 1. The lowest BCUT2D eigenvalue weighted by Gasteiger charge is -2.16. The van der Waals surface area contributed by atoms with Crippen molar-refractivity contribution in [2.45, 2.75) is 13.0 Å². The van der Waals surface area contributed by atoms with Crippen LogP contribution in [0, 0.1) is 0 Å². The van der Waals surface area contributed by atoms with E-state index in [4.69, 9.17) is 4.74 Å². The summed E-state index contributed by atoms with van der Waals surface area (Å²) in [6.45, 7) is 7.06. The van der Waals surface area contributed by atoms with Crippen molar-refractivity contribution < 1.29 is 4.74 Å². The summed E-state index contributed by atoms with van der Waals surface area (Å²) in [7, 11) is 1.68. The van der Waals surface area contributed by atoms with Crippen LogP contribution in [0.1, 0.15) is 24.1 Å². The Bertz CT molecular complexity index is 545. The Hall–Kier alpha value is -2.06. The Balaban J connectivity index is 1.91. The van der Waals surface area contributed by atoms with Gasteiger partial charge in [0.1, 0.15) is 5.75 Å². The van der Waals surface area contributed by atoms with E-state index in [0.29, 0.717) is 0 Å². The van der Waals surface area contributed by atoms with Gasteiger partial charge in [-0.3, -0.25) is 0 Å². The molecule has 0 saturated heterocycles. The lowest BCUT2D eigenvalue weighted by molar-refractivity contribution is 0.414. The predicted octanol–water partition coefficient (Wildman–Crippen LogP) is 4.06. The molecule has 1 N–H and O–H groups in total. The lowest BCUT2D eigenvalue weighted by Crippen LogP contribution is -2.20. The van der Waals surface area contributed by atoms with E-state index in [1.165, 1.54) is 11.1 Å². The van der Waals surface area contributed by atoms with Gasteiger partial charge in [-0.15, -0.1) is 0 Å². The minimum atomic E-state index is 0.279. The normalized spacial score (nSPS) is 11.9. The number of ether oxygens (including phenoxy) is 1. The van der Waals surface area contributed by atoms with Crippen LogP contribution in [0.15, 0.2) is 61.2 Å². The summed E-state index contributed by atoms with van der Waals surface area (Å²) in [5, 5.41) is 3.49. The minimum absolute atomic E-state index is 0.279. The first kappa shape index (κ1) is 14.4. The lowest BCUT2D eigenvalue weighted by atomic mass is 10.1. The highest BCUT2D eigenvalue weighted by atomic mass is 16.5. The molecule has 2 nitrogen and oxygen atoms in total. The smallest absolute Gasteiger partial charge is 0.118 e. The van der Waals surface area contributed by atoms with Crippen molar-refractivity contribution in [3.05, 3.63) is 72.3 Å². The largest absolute Gasteiger partial charge is 0.497 e. The van der Waals surface area contributed by atoms with Crippen molar-refractivity contribution in [1.82, 2.24) is 5.32 Å². The summed E-state index contributed by atoms with van der Waals surface area (Å²) in [4.78, 5) is 0. The Labute approximate surface area is 121 Å². The van der Waals surface area contributed by atoms with Gasteiger partial charge in [-0.2, -0.15) is 0 Å². The van der Waals surface area contributed by atoms with Crippen LogP contribution in [0.4, 0.5) is 0 Å². The second-order valence-corrected chi connectivity index (χ2v) is 4.85. The quantitative estimate of drug-likeness (QED) is 0.852. The molecule has 2 heteroatoms. The highest BCUT2D eigenvalue weighted by Crippen LogP contribution is 2.18. The van der Waals surface area contributed by atoms with Crippen LogP contribution in [0.5, 0.6) is 5.75 Å². The number of rotatable bonds is 6. The van der Waals surface area contributed by atoms with Crippen molar-refractivity contribution in [3.8, 4) is 5.75 Å². The van der Waals surface area contributed by atoms with Crippen LogP contribution < -0.4 is 10.1 Å². The van der Waals surface area contributed by atoms with Gasteiger partial charge < -0.3 is 10.1 Å². The first-order chi connectivity index (χ1) is 9.70. The Kier molecular flexibility index (Phi) is 4.97. The van der Waals surface area contributed by atoms with E-state index in [1.54, 1.807) is 7.11 Å². The summed E-state index contributed by atoms with van der Waals surface area (Å²) >= 11 is 0. The second-order valence-electron chi connectivity index (χ2n) is 4.85. The highest BCUT2D eigenvalue weighted by Gasteiger charge is 2.06. The number of hydrogen-bond acceptors (Lipinski definition) is 2. The van der Waals surface area contributed by atoms with Gasteiger partial charge in [0.25, 0.3) is 0 Å². The molecule has 1 unspecified atom stereocenters. The zero-order valence-corrected chi connectivity index (χ0v) is 12.1. The molecule has 0 heterocycles. The maximum Gasteiger partial charge on any atom is 0.118 e. The number of benzene rings is 2. The van der Waals surface area contributed by atoms with E-state index in [2.05, 4.69) is 43.1 Å². The summed E-state index contributed by atoms with van der Waals surface area (Å²) in [5.41, 5.74) is 3.53. The van der Waals surface area contributed by atoms with Crippen molar-refractivity contribution in [1.29, 1.82) is 0 Å². The molecule has 20 heavy (non-hydrogen) atoms. The fourth-order valence-electron chi connectivity index (χ4n) is 2.06. The molecule has 0 spiro atoms. The van der Waals surface area contributed by atoms with Gasteiger partial charge in [-0.05, 0) is 35.8 Å². The van der Waals surface area contributed by atoms with Crippen LogP contribution in [-0.2, 0) is 0 Å². The molecule has 0 amide bonds. The fraction of sp³-hybridized carbons (Fsp3) is 0.222. The van der Waals surface area contributed by atoms with E-state index in [1.807, 2.05) is 30.3 Å². The van der Waals surface area contributed by atoms with E-state index >= 15 is 0 Å². The SMILES string of the molecule is C=C(CNC(C)c1ccc(OC)cc1)c1ccccc1. The summed E-state index contributed by atoms with van der Waals surface area (Å²) in [6, 6.07) is 18.7. The van der Waals surface area contributed by atoms with E-state index in [9.17, 15) is 0 Å². The Morgan fingerprint density at radius 3 is 2.35 bits per heavy atom. The Morgan fingerprint density at radius 2 is 1.75 bits per heavy atom. The molecule has 1 atom stereocenters. The standard InChI is InChI=1S/C18H21NO/c1-14(16-7-5-4-6-8-16)13-19-15(2)17-9-11-18(20-3)12-10-17/h4-12,15,19H,1,13H2,2-3H3. The summed E-state index contributed by atoms with van der Waals surface area (Å²) < 4.78 is 5.17. The van der Waals surface area contributed by atoms with Gasteiger partial charge >= 0.3 is 0 Å². The fourth-order valence-corrected chi connectivity index (χ4v) is 2.06. The molecule has 2 aromatic carbocycles. The van der Waals surface area contributed by atoms with E-state index in [0.717, 1.165) is 17.9 Å².